The van der Waals surface area contributed by atoms with E-state index in [0.29, 0.717) is 10.9 Å². The largest absolute Gasteiger partial charge is 0.484 e. The third kappa shape index (κ3) is 4.07. The summed E-state index contributed by atoms with van der Waals surface area (Å²) in [5.41, 5.74) is 3.94. The Morgan fingerprint density at radius 1 is 1.23 bits per heavy atom. The average molecular weight is 422 g/mol. The van der Waals surface area contributed by atoms with Gasteiger partial charge >= 0.3 is 0 Å². The van der Waals surface area contributed by atoms with Crippen LogP contribution < -0.4 is 15.0 Å². The molecule has 154 valence electrons. The van der Waals surface area contributed by atoms with Crippen molar-refractivity contribution in [1.29, 1.82) is 0 Å². The Bertz CT molecular complexity index is 1090. The third-order valence-corrected chi connectivity index (χ3v) is 5.95. The maximum Gasteiger partial charge on any atom is 0.264 e. The number of hydrogen-bond donors (Lipinski definition) is 1. The van der Waals surface area contributed by atoms with Gasteiger partial charge in [-0.15, -0.1) is 11.3 Å². The number of aryl methyl sites for hydroxylation is 1. The molecule has 0 spiro atoms. The fourth-order valence-electron chi connectivity index (χ4n) is 3.80. The molecule has 2 amide bonds. The van der Waals surface area contributed by atoms with Crippen LogP contribution in [0, 0.1) is 6.92 Å². The Morgan fingerprint density at radius 2 is 2.00 bits per heavy atom. The number of thiazole rings is 1. The molecular formula is C23H23N3O3S. The first-order valence-corrected chi connectivity index (χ1v) is 10.6. The first-order valence-electron chi connectivity index (χ1n) is 9.80. The molecule has 1 aliphatic rings. The first kappa shape index (κ1) is 20.1. The number of fused-ring (bicyclic) bond motifs is 1. The van der Waals surface area contributed by atoms with Crippen LogP contribution in [0.2, 0.25) is 0 Å². The van der Waals surface area contributed by atoms with Crippen molar-refractivity contribution in [2.75, 3.05) is 16.8 Å². The van der Waals surface area contributed by atoms with E-state index in [-0.39, 0.29) is 24.5 Å². The van der Waals surface area contributed by atoms with Crippen molar-refractivity contribution in [1.82, 2.24) is 4.98 Å². The third-order valence-electron chi connectivity index (χ3n) is 5.06. The zero-order valence-corrected chi connectivity index (χ0v) is 18.0. The number of ether oxygens (including phenoxy) is 1. The number of nitrogens with one attached hydrogen (secondary N) is 1. The predicted molar refractivity (Wildman–Crippen MR) is 119 cm³/mol. The summed E-state index contributed by atoms with van der Waals surface area (Å²) < 4.78 is 5.48. The number of anilines is 2. The van der Waals surface area contributed by atoms with Gasteiger partial charge in [0.15, 0.2) is 11.7 Å². The topological polar surface area (TPSA) is 71.5 Å². The molecule has 2 aromatic carbocycles. The summed E-state index contributed by atoms with van der Waals surface area (Å²) in [7, 11) is 0. The van der Waals surface area contributed by atoms with Gasteiger partial charge in [0.25, 0.3) is 5.91 Å². The van der Waals surface area contributed by atoms with Gasteiger partial charge in [-0.3, -0.25) is 14.9 Å². The van der Waals surface area contributed by atoms with E-state index in [2.05, 4.69) is 23.3 Å². The van der Waals surface area contributed by atoms with Gasteiger partial charge in [-0.25, -0.2) is 4.98 Å². The fourth-order valence-corrected chi connectivity index (χ4v) is 4.65. The monoisotopic (exact) mass is 421 g/mol. The van der Waals surface area contributed by atoms with E-state index in [1.807, 2.05) is 42.2 Å². The number of aromatic nitrogens is 1. The highest BCUT2D eigenvalue weighted by molar-refractivity contribution is 7.16. The normalized spacial score (nSPS) is 15.0. The van der Waals surface area contributed by atoms with Crippen LogP contribution in [0.25, 0.3) is 11.3 Å². The van der Waals surface area contributed by atoms with Crippen LogP contribution in [0.1, 0.15) is 24.3 Å². The molecule has 0 radical (unpaired) electrons. The molecule has 0 unspecified atom stereocenters. The van der Waals surface area contributed by atoms with Gasteiger partial charge in [0.2, 0.25) is 5.91 Å². The number of amides is 2. The van der Waals surface area contributed by atoms with Crippen molar-refractivity contribution < 1.29 is 14.3 Å². The quantitative estimate of drug-likeness (QED) is 0.661. The number of para-hydroxylation sites is 1. The summed E-state index contributed by atoms with van der Waals surface area (Å²) in [6, 6.07) is 15.4. The van der Waals surface area contributed by atoms with Crippen LogP contribution in [-0.4, -0.2) is 29.4 Å². The second-order valence-corrected chi connectivity index (χ2v) is 8.56. The molecule has 7 heteroatoms. The Kier molecular flexibility index (Phi) is 5.55. The average Bonchev–Trinajstić information content (AvgIpc) is 3.24. The van der Waals surface area contributed by atoms with Crippen molar-refractivity contribution in [2.24, 2.45) is 0 Å². The Labute approximate surface area is 179 Å². The molecule has 0 aliphatic carbocycles. The van der Waals surface area contributed by atoms with Crippen LogP contribution in [0.3, 0.4) is 0 Å². The minimum absolute atomic E-state index is 0.0570. The summed E-state index contributed by atoms with van der Waals surface area (Å²) in [6.07, 6.45) is 0.826. The molecule has 1 aromatic heterocycles. The highest BCUT2D eigenvalue weighted by Crippen LogP contribution is 2.37. The maximum atomic E-state index is 12.2. The van der Waals surface area contributed by atoms with E-state index < -0.39 is 0 Å². The first-order chi connectivity index (χ1) is 14.4. The maximum absolute atomic E-state index is 12.2. The minimum Gasteiger partial charge on any atom is -0.484 e. The number of rotatable bonds is 5. The molecule has 30 heavy (non-hydrogen) atoms. The van der Waals surface area contributed by atoms with E-state index >= 15 is 0 Å². The summed E-state index contributed by atoms with van der Waals surface area (Å²) in [5.74, 6) is 0.455. The number of nitrogens with zero attached hydrogens (tertiary/aromatic N) is 2. The lowest BCUT2D eigenvalue weighted by molar-refractivity contribution is -0.118. The van der Waals surface area contributed by atoms with Crippen molar-refractivity contribution in [3.05, 3.63) is 59.0 Å². The molecule has 1 aliphatic heterocycles. The Morgan fingerprint density at radius 3 is 2.73 bits per heavy atom. The van der Waals surface area contributed by atoms with Gasteiger partial charge in [0.05, 0.1) is 5.69 Å². The zero-order valence-electron chi connectivity index (χ0n) is 17.1. The van der Waals surface area contributed by atoms with Crippen molar-refractivity contribution >= 4 is 34.0 Å². The molecule has 0 saturated heterocycles. The molecule has 4 rings (SSSR count). The standard InChI is InChI=1S/C23H23N3O3S/c1-14-11-18-12-17(9-10-20(18)26(14)16(3)27)22-15(2)30-23(25-22)24-21(28)13-29-19-7-5-4-6-8-19/h4-10,12,14H,11,13H2,1-3H3,(H,24,25,28)/t14-/m0/s1. The summed E-state index contributed by atoms with van der Waals surface area (Å²) >= 11 is 1.44. The number of hydrogen-bond acceptors (Lipinski definition) is 5. The molecule has 1 atom stereocenters. The van der Waals surface area contributed by atoms with Crippen LogP contribution in [-0.2, 0) is 16.0 Å². The lowest BCUT2D eigenvalue weighted by Crippen LogP contribution is -2.33. The lowest BCUT2D eigenvalue weighted by Gasteiger charge is -2.20. The molecule has 1 N–H and O–H groups in total. The molecule has 3 aromatic rings. The van der Waals surface area contributed by atoms with Crippen LogP contribution in [0.4, 0.5) is 10.8 Å². The van der Waals surface area contributed by atoms with Gasteiger partial charge < -0.3 is 9.64 Å². The van der Waals surface area contributed by atoms with Gasteiger partial charge in [0.1, 0.15) is 5.75 Å². The number of benzene rings is 2. The Balaban J connectivity index is 1.47. The van der Waals surface area contributed by atoms with E-state index in [9.17, 15) is 9.59 Å². The SMILES string of the molecule is CC(=O)N1c2ccc(-c3nc(NC(=O)COc4ccccc4)sc3C)cc2C[C@@H]1C. The second-order valence-electron chi connectivity index (χ2n) is 7.36. The van der Waals surface area contributed by atoms with E-state index in [0.717, 1.165) is 33.8 Å². The highest BCUT2D eigenvalue weighted by Gasteiger charge is 2.29. The molecule has 0 saturated carbocycles. The van der Waals surface area contributed by atoms with Crippen LogP contribution >= 0.6 is 11.3 Å². The van der Waals surface area contributed by atoms with Crippen molar-refractivity contribution in [3.63, 3.8) is 0 Å². The number of carbonyl (C=O) groups is 2. The van der Waals surface area contributed by atoms with Gasteiger partial charge in [-0.1, -0.05) is 24.3 Å². The van der Waals surface area contributed by atoms with Crippen molar-refractivity contribution in [3.8, 4) is 17.0 Å². The van der Waals surface area contributed by atoms with Crippen LogP contribution in [0.15, 0.2) is 48.5 Å². The van der Waals surface area contributed by atoms with Gasteiger partial charge in [0, 0.05) is 29.1 Å². The smallest absolute Gasteiger partial charge is 0.264 e. The molecular weight excluding hydrogens is 398 g/mol. The number of carbonyl (C=O) groups excluding carboxylic acids is 2. The molecule has 6 nitrogen and oxygen atoms in total. The van der Waals surface area contributed by atoms with E-state index in [1.165, 1.54) is 11.3 Å². The fraction of sp³-hybridized carbons (Fsp3) is 0.261. The second kappa shape index (κ2) is 8.28. The van der Waals surface area contributed by atoms with E-state index in [1.54, 1.807) is 19.1 Å². The lowest BCUT2D eigenvalue weighted by atomic mass is 10.0. The Hall–Kier alpha value is -3.19. The zero-order chi connectivity index (χ0) is 21.3. The summed E-state index contributed by atoms with van der Waals surface area (Å²) in [5, 5.41) is 3.36. The molecule has 2 heterocycles. The van der Waals surface area contributed by atoms with E-state index in [4.69, 9.17) is 4.74 Å². The van der Waals surface area contributed by atoms with Gasteiger partial charge in [-0.2, -0.15) is 0 Å². The van der Waals surface area contributed by atoms with Crippen LogP contribution in [0.5, 0.6) is 5.75 Å². The molecule has 0 fully saturated rings. The molecule has 0 bridgehead atoms. The predicted octanol–water partition coefficient (Wildman–Crippen LogP) is 4.43. The highest BCUT2D eigenvalue weighted by atomic mass is 32.1. The minimum atomic E-state index is -0.251. The summed E-state index contributed by atoms with van der Waals surface area (Å²) in [6.45, 7) is 5.57. The van der Waals surface area contributed by atoms with Crippen molar-refractivity contribution in [2.45, 2.75) is 33.2 Å². The van der Waals surface area contributed by atoms with Gasteiger partial charge in [-0.05, 0) is 50.1 Å². The summed E-state index contributed by atoms with van der Waals surface area (Å²) in [4.78, 5) is 31.6.